The van der Waals surface area contributed by atoms with Crippen molar-refractivity contribution in [3.05, 3.63) is 86.7 Å². The third-order valence-electron chi connectivity index (χ3n) is 14.5. The molecule has 28 heteroatoms. The third kappa shape index (κ3) is 11.6. The van der Waals surface area contributed by atoms with E-state index in [2.05, 4.69) is 12.2 Å². The fourth-order valence-electron chi connectivity index (χ4n) is 10.0. The van der Waals surface area contributed by atoms with Gasteiger partial charge in [0.15, 0.2) is 23.2 Å². The number of likely N-dealkylation sites (N-methyl/N-ethyl adjacent to an activating group) is 1. The molecular formula is C53H58N6O21S. The van der Waals surface area contributed by atoms with E-state index in [-0.39, 0.29) is 67.5 Å². The number of hydrogen-bond acceptors (Lipinski definition) is 21. The number of benzene rings is 2. The minimum absolute atomic E-state index is 0.0545. The van der Waals surface area contributed by atoms with Crippen molar-refractivity contribution in [1.29, 1.82) is 0 Å². The number of aliphatic hydroxyl groups is 3. The lowest BCUT2D eigenvalue weighted by Crippen LogP contribution is -2.61. The number of cyclic esters (lactones) is 1. The van der Waals surface area contributed by atoms with Crippen LogP contribution in [-0.2, 0) is 89.3 Å². The smallest absolute Gasteiger partial charge is 0.411 e. The number of aliphatic carboxylic acids is 1. The number of aliphatic hydroxyl groups excluding tert-OH is 3. The van der Waals surface area contributed by atoms with Gasteiger partial charge in [-0.25, -0.2) is 27.8 Å². The molecule has 5 aliphatic rings. The summed E-state index contributed by atoms with van der Waals surface area (Å²) in [5.74, 6) is -5.13. The highest BCUT2D eigenvalue weighted by molar-refractivity contribution is 7.90. The van der Waals surface area contributed by atoms with Crippen LogP contribution in [-0.4, -0.2) is 178 Å². The van der Waals surface area contributed by atoms with Crippen molar-refractivity contribution in [2.24, 2.45) is 0 Å². The zero-order chi connectivity index (χ0) is 58.2. The van der Waals surface area contributed by atoms with Gasteiger partial charge in [-0.15, -0.1) is 0 Å². The van der Waals surface area contributed by atoms with Crippen LogP contribution in [0.4, 0.5) is 10.5 Å². The van der Waals surface area contributed by atoms with E-state index in [1.807, 2.05) is 6.07 Å². The number of amides is 5. The van der Waals surface area contributed by atoms with Crippen molar-refractivity contribution in [1.82, 2.24) is 24.3 Å². The molecule has 0 bridgehead atoms. The number of rotatable bonds is 21. The van der Waals surface area contributed by atoms with Gasteiger partial charge in [0.2, 0.25) is 24.9 Å². The summed E-state index contributed by atoms with van der Waals surface area (Å²) in [5, 5.41) is 44.4. The number of aryl methyl sites for hydroxylation is 1. The number of nitrogens with one attached hydrogen (secondary N) is 1. The van der Waals surface area contributed by atoms with Crippen LogP contribution >= 0.6 is 0 Å². The van der Waals surface area contributed by atoms with Crippen LogP contribution in [0.1, 0.15) is 67.3 Å². The molecule has 7 heterocycles. The first-order valence-electron chi connectivity index (χ1n) is 25.7. The molecular weight excluding hydrogens is 1090 g/mol. The molecule has 9 rings (SSSR count). The number of carboxylic acids is 1. The summed E-state index contributed by atoms with van der Waals surface area (Å²) in [6, 6.07) is 9.06. The highest BCUT2D eigenvalue weighted by atomic mass is 32.2. The van der Waals surface area contributed by atoms with Crippen LogP contribution in [0, 0.1) is 0 Å². The first kappa shape index (κ1) is 57.7. The molecule has 81 heavy (non-hydrogen) atoms. The molecule has 27 nitrogen and oxygen atoms in total. The molecule has 432 valence electrons. The quantitative estimate of drug-likeness (QED) is 0.0385. The van der Waals surface area contributed by atoms with Gasteiger partial charge in [-0.05, 0) is 54.7 Å². The second-order valence-corrected chi connectivity index (χ2v) is 22.2. The van der Waals surface area contributed by atoms with Gasteiger partial charge in [-0.3, -0.25) is 33.8 Å². The number of aromatic nitrogens is 2. The number of ether oxygens (including phenoxy) is 7. The van der Waals surface area contributed by atoms with E-state index in [4.69, 9.17) is 38.1 Å². The maximum Gasteiger partial charge on any atom is 0.411 e. The lowest BCUT2D eigenvalue weighted by molar-refractivity contribution is -0.271. The highest BCUT2D eigenvalue weighted by Gasteiger charge is 2.50. The molecule has 4 aromatic rings. The number of imide groups is 1. The maximum atomic E-state index is 14.6. The van der Waals surface area contributed by atoms with E-state index in [1.165, 1.54) is 25.2 Å². The predicted octanol–water partition coefficient (Wildman–Crippen LogP) is 0.799. The summed E-state index contributed by atoms with van der Waals surface area (Å²) in [7, 11) is -2.48. The number of hydrogen-bond donors (Lipinski definition) is 5. The minimum Gasteiger partial charge on any atom is -0.479 e. The summed E-state index contributed by atoms with van der Waals surface area (Å²) >= 11 is 0. The number of nitrogens with zero attached hydrogens (tertiary/aromatic N) is 5. The number of sulfone groups is 1. The summed E-state index contributed by atoms with van der Waals surface area (Å²) in [4.78, 5) is 113. The lowest BCUT2D eigenvalue weighted by atomic mass is 9.85. The maximum absolute atomic E-state index is 14.6. The first-order valence-corrected chi connectivity index (χ1v) is 27.8. The normalized spacial score (nSPS) is 21.5. The van der Waals surface area contributed by atoms with E-state index in [9.17, 15) is 67.2 Å². The van der Waals surface area contributed by atoms with E-state index < -0.39 is 126 Å². The van der Waals surface area contributed by atoms with Gasteiger partial charge in [-0.2, -0.15) is 0 Å². The average Bonchev–Trinajstić information content (AvgIpc) is 2.82. The molecule has 5 amide bonds. The Kier molecular flexibility index (Phi) is 16.5. The number of pyridine rings is 2. The number of unbranched alkanes of at least 4 members (excludes halogenated alkanes) is 1. The van der Waals surface area contributed by atoms with Gasteiger partial charge in [-0.1, -0.05) is 26.3 Å². The Hall–Kier alpha value is -8.02. The van der Waals surface area contributed by atoms with Crippen LogP contribution in [0.25, 0.3) is 22.3 Å². The van der Waals surface area contributed by atoms with Crippen molar-refractivity contribution < 1.29 is 95.6 Å². The predicted molar refractivity (Wildman–Crippen MR) is 278 cm³/mol. The zero-order valence-corrected chi connectivity index (χ0v) is 45.1. The second kappa shape index (κ2) is 23.2. The minimum atomic E-state index is -3.75. The second-order valence-electron chi connectivity index (χ2n) is 19.9. The van der Waals surface area contributed by atoms with Gasteiger partial charge < -0.3 is 68.4 Å². The molecule has 0 spiro atoms. The van der Waals surface area contributed by atoms with Crippen molar-refractivity contribution in [2.75, 3.05) is 57.5 Å². The Morgan fingerprint density at radius 1 is 0.938 bits per heavy atom. The molecule has 2 aromatic heterocycles. The van der Waals surface area contributed by atoms with Crippen LogP contribution < -0.4 is 25.1 Å². The van der Waals surface area contributed by atoms with Crippen molar-refractivity contribution >= 4 is 68.1 Å². The SMILES string of the molecule is CCCCc1c2c(nc3cc4c(cc13)OCO4)-c1cc3c(c(=O)n1C2)COC(=O)[C@@]3(CC)OCN(CCS(C)(=O)=O)C(=O)OCc1ccc(O[C@@H]2O[C@H](C(=O)O)[C@@H](O)[C@H](O)[C@H]2O)c(NC(=O)CN(C)C(=O)CCN2C(=O)C=CC2=O)c1. The van der Waals surface area contributed by atoms with E-state index in [0.29, 0.717) is 34.8 Å². The van der Waals surface area contributed by atoms with E-state index in [0.717, 1.165) is 62.5 Å². The van der Waals surface area contributed by atoms with Crippen molar-refractivity contribution in [2.45, 2.75) is 102 Å². The van der Waals surface area contributed by atoms with E-state index >= 15 is 0 Å². The number of carbonyl (C=O) groups excluding carboxylic acids is 6. The van der Waals surface area contributed by atoms with Crippen LogP contribution in [0.3, 0.4) is 0 Å². The molecule has 2 aromatic carbocycles. The van der Waals surface area contributed by atoms with Gasteiger partial charge >= 0.3 is 18.0 Å². The fraction of sp³-hybridized carbons (Fsp3) is 0.453. The average molecular weight is 1150 g/mol. The lowest BCUT2D eigenvalue weighted by Gasteiger charge is -2.38. The largest absolute Gasteiger partial charge is 0.479 e. The van der Waals surface area contributed by atoms with Crippen molar-refractivity contribution in [3.63, 3.8) is 0 Å². The first-order chi connectivity index (χ1) is 38.5. The molecule has 1 fully saturated rings. The summed E-state index contributed by atoms with van der Waals surface area (Å²) in [6.07, 6.45) is -6.35. The fourth-order valence-corrected chi connectivity index (χ4v) is 10.6. The number of carboxylic acid groups (broad SMARTS) is 1. The highest BCUT2D eigenvalue weighted by Crippen LogP contribution is 2.45. The molecule has 0 aliphatic carbocycles. The number of fused-ring (bicyclic) bond motifs is 6. The molecule has 5 aliphatic heterocycles. The van der Waals surface area contributed by atoms with Crippen LogP contribution in [0.15, 0.2) is 53.3 Å². The van der Waals surface area contributed by atoms with Gasteiger partial charge in [0.25, 0.3) is 17.4 Å². The van der Waals surface area contributed by atoms with Gasteiger partial charge in [0.05, 0.1) is 47.0 Å². The number of carbonyl (C=O) groups is 7. The van der Waals surface area contributed by atoms with Crippen LogP contribution in [0.2, 0.25) is 0 Å². The molecule has 6 atom stereocenters. The topological polar surface area (TPSA) is 356 Å². The third-order valence-corrected chi connectivity index (χ3v) is 15.4. The monoisotopic (exact) mass is 1150 g/mol. The standard InChI is InChI=1S/C53H58N6O21S/c1-5-7-8-28-29-18-37-38(77-26-76-37)20-33(29)55-43-30(28)21-59-35(43)19-32-31(48(59)67)24-74-51(70)53(32,6-2)78-25-57(15-16-81(4,72)73)52(71)75-23-27-9-10-36(79-50-46(66)44(64)45(65)47(80-50)49(68)69)34(17-27)54-39(60)22-56(3)40(61)13-14-58-41(62)11-12-42(58)63/h9-12,17-20,44-47,50,64-66H,5-8,13-16,21-26H2,1-4H3,(H,54,60)(H,68,69)/t44-,45-,46+,47-,50+,53-/m0/s1. The van der Waals surface area contributed by atoms with Gasteiger partial charge in [0, 0.05) is 67.5 Å². The molecule has 0 unspecified atom stereocenters. The molecule has 0 saturated carbocycles. The van der Waals surface area contributed by atoms with Crippen molar-refractivity contribution in [3.8, 4) is 28.6 Å². The Labute approximate surface area is 461 Å². The molecule has 1 saturated heterocycles. The van der Waals surface area contributed by atoms with Crippen LogP contribution in [0.5, 0.6) is 17.2 Å². The summed E-state index contributed by atoms with van der Waals surface area (Å²) in [6.45, 7) is 0.751. The zero-order valence-electron chi connectivity index (χ0n) is 44.3. The van der Waals surface area contributed by atoms with Gasteiger partial charge in [0.1, 0.15) is 53.8 Å². The number of anilines is 1. The Morgan fingerprint density at radius 2 is 1.67 bits per heavy atom. The molecule has 5 N–H and O–H groups in total. The summed E-state index contributed by atoms with van der Waals surface area (Å²) in [5.41, 5.74) is 1.04. The number of esters is 1. The Morgan fingerprint density at radius 3 is 2.36 bits per heavy atom. The van der Waals surface area contributed by atoms with E-state index in [1.54, 1.807) is 23.6 Å². The molecule has 0 radical (unpaired) electrons. The Balaban J connectivity index is 0.965. The summed E-state index contributed by atoms with van der Waals surface area (Å²) < 4.78 is 66.7. The Bertz CT molecular complexity index is 3440.